The summed E-state index contributed by atoms with van der Waals surface area (Å²) in [6.07, 6.45) is 2.58. The van der Waals surface area contributed by atoms with E-state index in [1.807, 2.05) is 18.2 Å². The highest BCUT2D eigenvalue weighted by atomic mass is 32.2. The first-order valence-corrected chi connectivity index (χ1v) is 6.06. The van der Waals surface area contributed by atoms with Crippen molar-refractivity contribution in [1.82, 2.24) is 10.3 Å². The van der Waals surface area contributed by atoms with Crippen molar-refractivity contribution in [3.63, 3.8) is 0 Å². The van der Waals surface area contributed by atoms with Crippen molar-refractivity contribution in [2.45, 2.75) is 22.7 Å². The summed E-state index contributed by atoms with van der Waals surface area (Å²) in [5.74, 6) is -0.177. The van der Waals surface area contributed by atoms with E-state index < -0.39 is 0 Å². The molecule has 1 saturated heterocycles. The van der Waals surface area contributed by atoms with Crippen molar-refractivity contribution < 1.29 is 9.53 Å². The lowest BCUT2D eigenvalue weighted by Gasteiger charge is -2.07. The molecule has 0 bridgehead atoms. The highest BCUT2D eigenvalue weighted by Gasteiger charge is 2.30. The van der Waals surface area contributed by atoms with E-state index in [-0.39, 0.29) is 12.0 Å². The number of hydrogen-bond acceptors (Lipinski definition) is 5. The van der Waals surface area contributed by atoms with Gasteiger partial charge in [-0.1, -0.05) is 6.07 Å². The van der Waals surface area contributed by atoms with E-state index in [1.165, 1.54) is 7.11 Å². The van der Waals surface area contributed by atoms with Crippen LogP contribution in [-0.4, -0.2) is 35.9 Å². The average molecular weight is 238 g/mol. The van der Waals surface area contributed by atoms with Crippen molar-refractivity contribution in [3.05, 3.63) is 24.4 Å². The third-order valence-corrected chi connectivity index (χ3v) is 3.68. The molecule has 2 rings (SSSR count). The molecule has 1 aliphatic rings. The second-order valence-electron chi connectivity index (χ2n) is 3.63. The number of methoxy groups -OCH3 is 1. The molecular formula is C11H14N2O2S. The van der Waals surface area contributed by atoms with Crippen LogP contribution in [-0.2, 0) is 9.53 Å². The van der Waals surface area contributed by atoms with Crippen LogP contribution in [0.25, 0.3) is 0 Å². The third kappa shape index (κ3) is 2.74. The molecule has 5 heteroatoms. The number of nitrogens with one attached hydrogen (secondary N) is 1. The number of carbonyl (C=O) groups is 1. The summed E-state index contributed by atoms with van der Waals surface area (Å²) in [5.41, 5.74) is 0. The van der Waals surface area contributed by atoms with Crippen LogP contribution in [0, 0.1) is 0 Å². The molecule has 0 spiro atoms. The normalized spacial score (nSPS) is 24.3. The van der Waals surface area contributed by atoms with Gasteiger partial charge >= 0.3 is 5.97 Å². The van der Waals surface area contributed by atoms with E-state index >= 15 is 0 Å². The van der Waals surface area contributed by atoms with Gasteiger partial charge in [-0.05, 0) is 18.6 Å². The van der Waals surface area contributed by atoms with Crippen molar-refractivity contribution in [1.29, 1.82) is 0 Å². The van der Waals surface area contributed by atoms with Crippen LogP contribution in [0.5, 0.6) is 0 Å². The van der Waals surface area contributed by atoms with Crippen LogP contribution in [0.1, 0.15) is 6.42 Å². The summed E-state index contributed by atoms with van der Waals surface area (Å²) in [6.45, 7) is 0.820. The topological polar surface area (TPSA) is 51.2 Å². The zero-order valence-corrected chi connectivity index (χ0v) is 9.87. The van der Waals surface area contributed by atoms with Gasteiger partial charge in [-0.2, -0.15) is 0 Å². The number of carbonyl (C=O) groups excluding carboxylic acids is 1. The molecule has 0 aliphatic carbocycles. The predicted octanol–water partition coefficient (Wildman–Crippen LogP) is 1.08. The Balaban J connectivity index is 1.88. The van der Waals surface area contributed by atoms with Crippen LogP contribution in [0.4, 0.5) is 0 Å². The maximum atomic E-state index is 11.3. The van der Waals surface area contributed by atoms with E-state index in [0.29, 0.717) is 5.25 Å². The van der Waals surface area contributed by atoms with Crippen LogP contribution in [0.2, 0.25) is 0 Å². The van der Waals surface area contributed by atoms with E-state index in [2.05, 4.69) is 10.3 Å². The number of ether oxygens (including phenoxy) is 1. The molecule has 4 nitrogen and oxygen atoms in total. The van der Waals surface area contributed by atoms with Crippen molar-refractivity contribution in [2.24, 2.45) is 0 Å². The van der Waals surface area contributed by atoms with Gasteiger partial charge in [-0.3, -0.25) is 4.79 Å². The van der Waals surface area contributed by atoms with Crippen LogP contribution >= 0.6 is 11.8 Å². The Morgan fingerprint density at radius 1 is 1.62 bits per heavy atom. The summed E-state index contributed by atoms with van der Waals surface area (Å²) in [7, 11) is 1.42. The number of thioether (sulfide) groups is 1. The third-order valence-electron chi connectivity index (χ3n) is 2.50. The molecule has 1 fully saturated rings. The standard InChI is InChI=1S/C11H14N2O2S/c1-15-11(14)9-6-8(7-13-9)16-10-4-2-3-5-12-10/h2-5,8-9,13H,6-7H2,1H3/t8-,9-/m1/s1. The van der Waals surface area contributed by atoms with Gasteiger partial charge in [-0.15, -0.1) is 11.8 Å². The number of aromatic nitrogens is 1. The summed E-state index contributed by atoms with van der Waals surface area (Å²) >= 11 is 1.70. The van der Waals surface area contributed by atoms with E-state index in [0.717, 1.165) is 18.0 Å². The Kier molecular flexibility index (Phi) is 3.79. The van der Waals surface area contributed by atoms with Gasteiger partial charge in [0.25, 0.3) is 0 Å². The zero-order chi connectivity index (χ0) is 11.4. The minimum absolute atomic E-state index is 0.161. The molecule has 1 aliphatic heterocycles. The fourth-order valence-corrected chi connectivity index (χ4v) is 2.79. The van der Waals surface area contributed by atoms with Crippen LogP contribution < -0.4 is 5.32 Å². The molecule has 16 heavy (non-hydrogen) atoms. The van der Waals surface area contributed by atoms with Crippen LogP contribution in [0.3, 0.4) is 0 Å². The molecule has 0 unspecified atom stereocenters. The Labute approximate surface area is 98.8 Å². The second-order valence-corrected chi connectivity index (χ2v) is 4.95. The smallest absolute Gasteiger partial charge is 0.322 e. The van der Waals surface area contributed by atoms with Gasteiger partial charge in [0.2, 0.25) is 0 Å². The minimum Gasteiger partial charge on any atom is -0.468 e. The van der Waals surface area contributed by atoms with Gasteiger partial charge in [0, 0.05) is 18.0 Å². The molecular weight excluding hydrogens is 224 g/mol. The summed E-state index contributed by atoms with van der Waals surface area (Å²) < 4.78 is 4.71. The monoisotopic (exact) mass is 238 g/mol. The maximum Gasteiger partial charge on any atom is 0.322 e. The molecule has 1 aromatic heterocycles. The lowest BCUT2D eigenvalue weighted by Crippen LogP contribution is -2.31. The van der Waals surface area contributed by atoms with E-state index in [4.69, 9.17) is 4.74 Å². The number of rotatable bonds is 3. The summed E-state index contributed by atoms with van der Waals surface area (Å²) in [4.78, 5) is 15.6. The molecule has 0 radical (unpaired) electrons. The molecule has 86 valence electrons. The largest absolute Gasteiger partial charge is 0.468 e. The van der Waals surface area contributed by atoms with Gasteiger partial charge in [0.1, 0.15) is 6.04 Å². The Bertz CT molecular complexity index is 358. The molecule has 1 aromatic rings. The number of nitrogens with zero attached hydrogens (tertiary/aromatic N) is 1. The Morgan fingerprint density at radius 2 is 2.50 bits per heavy atom. The molecule has 2 atom stereocenters. The van der Waals surface area contributed by atoms with Crippen molar-refractivity contribution in [3.8, 4) is 0 Å². The van der Waals surface area contributed by atoms with Crippen LogP contribution in [0.15, 0.2) is 29.4 Å². The first-order valence-electron chi connectivity index (χ1n) is 5.18. The van der Waals surface area contributed by atoms with E-state index in [9.17, 15) is 4.79 Å². The van der Waals surface area contributed by atoms with Gasteiger partial charge in [0.05, 0.1) is 12.1 Å². The number of esters is 1. The number of hydrogen-bond donors (Lipinski definition) is 1. The van der Waals surface area contributed by atoms with Crippen molar-refractivity contribution in [2.75, 3.05) is 13.7 Å². The van der Waals surface area contributed by atoms with E-state index in [1.54, 1.807) is 18.0 Å². The van der Waals surface area contributed by atoms with Gasteiger partial charge in [0.15, 0.2) is 0 Å². The predicted molar refractivity (Wildman–Crippen MR) is 62.3 cm³/mol. The second kappa shape index (κ2) is 5.32. The fraction of sp³-hybridized carbons (Fsp3) is 0.455. The lowest BCUT2D eigenvalue weighted by molar-refractivity contribution is -0.142. The summed E-state index contributed by atoms with van der Waals surface area (Å²) in [5, 5.41) is 4.54. The summed E-state index contributed by atoms with van der Waals surface area (Å²) in [6, 6.07) is 5.69. The number of pyridine rings is 1. The highest BCUT2D eigenvalue weighted by Crippen LogP contribution is 2.27. The average Bonchev–Trinajstić information content (AvgIpc) is 2.78. The van der Waals surface area contributed by atoms with Crippen molar-refractivity contribution >= 4 is 17.7 Å². The maximum absolute atomic E-state index is 11.3. The SMILES string of the molecule is COC(=O)[C@H]1C[C@@H](Sc2ccccn2)CN1. The molecule has 0 saturated carbocycles. The zero-order valence-electron chi connectivity index (χ0n) is 9.05. The fourth-order valence-electron chi connectivity index (χ4n) is 1.70. The van der Waals surface area contributed by atoms with Gasteiger partial charge in [-0.25, -0.2) is 4.98 Å². The highest BCUT2D eigenvalue weighted by molar-refractivity contribution is 7.99. The first kappa shape index (κ1) is 11.4. The quantitative estimate of drug-likeness (QED) is 0.798. The molecule has 0 amide bonds. The molecule has 0 aromatic carbocycles. The molecule has 2 heterocycles. The van der Waals surface area contributed by atoms with Gasteiger partial charge < -0.3 is 10.1 Å². The first-order chi connectivity index (χ1) is 7.79. The Hall–Kier alpha value is -1.07. The molecule has 1 N–H and O–H groups in total. The Morgan fingerprint density at radius 3 is 3.19 bits per heavy atom. The lowest BCUT2D eigenvalue weighted by atomic mass is 10.2. The minimum atomic E-state index is -0.177.